The van der Waals surface area contributed by atoms with Gasteiger partial charge in [0.2, 0.25) is 15.9 Å². The van der Waals surface area contributed by atoms with Crippen LogP contribution >= 0.6 is 11.6 Å². The molecule has 1 amide bonds. The zero-order valence-corrected chi connectivity index (χ0v) is 20.6. The van der Waals surface area contributed by atoms with Crippen LogP contribution in [0.2, 0.25) is 5.02 Å². The number of ketones is 1. The molecule has 1 aliphatic heterocycles. The molecule has 8 nitrogen and oxygen atoms in total. The van der Waals surface area contributed by atoms with Crippen molar-refractivity contribution in [3.05, 3.63) is 106 Å². The molecule has 0 aromatic heterocycles. The van der Waals surface area contributed by atoms with Crippen LogP contribution in [-0.2, 0) is 14.8 Å². The molecule has 3 N–H and O–H groups in total. The number of sulfonamides is 1. The first-order valence-corrected chi connectivity index (χ1v) is 12.6. The number of nitrogens with two attached hydrogens (primary N) is 1. The average molecular weight is 521 g/mol. The molecule has 182 valence electrons. The number of nitrogens with one attached hydrogen (secondary N) is 1. The van der Waals surface area contributed by atoms with E-state index in [0.29, 0.717) is 16.3 Å². The number of hydrogen-bond donors (Lipinski definition) is 2. The first-order valence-electron chi connectivity index (χ1n) is 10.8. The highest BCUT2D eigenvalue weighted by atomic mass is 35.5. The summed E-state index contributed by atoms with van der Waals surface area (Å²) in [6.07, 6.45) is 0. The summed E-state index contributed by atoms with van der Waals surface area (Å²) in [7, 11) is -4.38. The zero-order valence-electron chi connectivity index (χ0n) is 19.1. The number of Topliss-reactive ketones (excluding diaryl/α,β-unsaturated/α-hetero) is 1. The number of benzene rings is 3. The molecular weight excluding hydrogens is 500 g/mol. The number of anilines is 1. The average Bonchev–Trinajstić information content (AvgIpc) is 3.17. The molecule has 0 bridgehead atoms. The quantitative estimate of drug-likeness (QED) is 0.471. The molecule has 0 radical (unpaired) electrons. The maximum absolute atomic E-state index is 14.0. The van der Waals surface area contributed by atoms with Gasteiger partial charge in [-0.2, -0.15) is 9.57 Å². The minimum Gasteiger partial charge on any atom is -0.399 e. The molecule has 36 heavy (non-hydrogen) atoms. The van der Waals surface area contributed by atoms with Crippen LogP contribution in [0.1, 0.15) is 28.9 Å². The van der Waals surface area contributed by atoms with Crippen LogP contribution in [0.5, 0.6) is 0 Å². The topological polar surface area (TPSA) is 133 Å². The lowest BCUT2D eigenvalue weighted by atomic mass is 10.00. The van der Waals surface area contributed by atoms with Crippen LogP contribution < -0.4 is 11.1 Å². The van der Waals surface area contributed by atoms with Crippen molar-refractivity contribution < 1.29 is 18.0 Å². The molecule has 3 aromatic rings. The second-order valence-electron chi connectivity index (χ2n) is 8.11. The van der Waals surface area contributed by atoms with E-state index >= 15 is 0 Å². The Morgan fingerprint density at radius 3 is 2.17 bits per heavy atom. The molecule has 2 atom stereocenters. The molecule has 0 saturated carbocycles. The Labute approximate surface area is 213 Å². The molecule has 4 rings (SSSR count). The molecule has 0 fully saturated rings. The highest BCUT2D eigenvalue weighted by Gasteiger charge is 2.50. The van der Waals surface area contributed by atoms with Crippen molar-refractivity contribution in [2.24, 2.45) is 5.73 Å². The second kappa shape index (κ2) is 9.95. The van der Waals surface area contributed by atoms with Crippen LogP contribution in [-0.4, -0.2) is 30.5 Å². The lowest BCUT2D eigenvalue weighted by Crippen LogP contribution is -2.45. The summed E-state index contributed by atoms with van der Waals surface area (Å²) in [4.78, 5) is 24.8. The molecule has 1 aliphatic rings. The number of carbonyl (C=O) groups is 2. The number of nitrogens with zero attached hydrogens (tertiary/aromatic N) is 2. The summed E-state index contributed by atoms with van der Waals surface area (Å²) in [5, 5.41) is 13.0. The molecule has 0 spiro atoms. The predicted octanol–water partition coefficient (Wildman–Crippen LogP) is 4.03. The lowest BCUT2D eigenvalue weighted by molar-refractivity contribution is -0.114. The van der Waals surface area contributed by atoms with Gasteiger partial charge in [0.25, 0.3) is 0 Å². The Balaban J connectivity index is 1.89. The first kappa shape index (κ1) is 25.1. The standard InChI is InChI=1S/C26H21ClN4O4S/c1-16(32)30-20-11-13-21(14-12-20)36(34,35)31-24(17-7-9-19(27)10-8-17)22(15-28)23(29)25(31)26(33)18-5-3-2-4-6-18/h2-14,24-25H,29H2,1H3,(H,30,32)/t24-,25-/m1/s1. The third-order valence-corrected chi connectivity index (χ3v) is 7.85. The Hall–Kier alpha value is -3.97. The van der Waals surface area contributed by atoms with Crippen molar-refractivity contribution in [1.29, 1.82) is 5.26 Å². The number of rotatable bonds is 6. The summed E-state index contributed by atoms with van der Waals surface area (Å²) < 4.78 is 29.1. The van der Waals surface area contributed by atoms with Crippen LogP contribution in [0.15, 0.2) is 95.0 Å². The summed E-state index contributed by atoms with van der Waals surface area (Å²) >= 11 is 6.03. The fourth-order valence-corrected chi connectivity index (χ4v) is 5.97. The Bertz CT molecular complexity index is 1500. The lowest BCUT2D eigenvalue weighted by Gasteiger charge is -2.30. The van der Waals surface area contributed by atoms with Gasteiger partial charge in [-0.3, -0.25) is 9.59 Å². The molecular formula is C26H21ClN4O4S. The van der Waals surface area contributed by atoms with E-state index in [-0.39, 0.29) is 27.6 Å². The molecule has 10 heteroatoms. The van der Waals surface area contributed by atoms with E-state index in [0.717, 1.165) is 4.31 Å². The fraction of sp³-hybridized carbons (Fsp3) is 0.115. The summed E-state index contributed by atoms with van der Waals surface area (Å²) in [5.74, 6) is -0.868. The van der Waals surface area contributed by atoms with E-state index < -0.39 is 27.9 Å². The maximum atomic E-state index is 14.0. The van der Waals surface area contributed by atoms with Crippen molar-refractivity contribution in [2.45, 2.75) is 23.9 Å². The summed E-state index contributed by atoms with van der Waals surface area (Å²) in [6, 6.07) is 19.4. The number of nitriles is 1. The van der Waals surface area contributed by atoms with Crippen molar-refractivity contribution in [2.75, 3.05) is 5.32 Å². The minimum absolute atomic E-state index is 0.0370. The van der Waals surface area contributed by atoms with Crippen molar-refractivity contribution >= 4 is 39.0 Å². The normalized spacial score (nSPS) is 18.0. The van der Waals surface area contributed by atoms with Gasteiger partial charge in [-0.15, -0.1) is 0 Å². The number of amides is 1. The van der Waals surface area contributed by atoms with Gasteiger partial charge >= 0.3 is 0 Å². The highest BCUT2D eigenvalue weighted by molar-refractivity contribution is 7.89. The molecule has 0 aliphatic carbocycles. The van der Waals surface area contributed by atoms with E-state index in [1.807, 2.05) is 6.07 Å². The third kappa shape index (κ3) is 4.62. The number of halogens is 1. The molecule has 3 aromatic carbocycles. The van der Waals surface area contributed by atoms with Gasteiger partial charge in [0.15, 0.2) is 5.78 Å². The molecule has 1 heterocycles. The van der Waals surface area contributed by atoms with Crippen LogP contribution in [0, 0.1) is 11.3 Å². The summed E-state index contributed by atoms with van der Waals surface area (Å²) in [5.41, 5.74) is 7.25. The Morgan fingerprint density at radius 2 is 1.61 bits per heavy atom. The van der Waals surface area contributed by atoms with Gasteiger partial charge in [-0.25, -0.2) is 8.42 Å². The van der Waals surface area contributed by atoms with Crippen molar-refractivity contribution in [3.8, 4) is 6.07 Å². The van der Waals surface area contributed by atoms with Gasteiger partial charge in [-0.1, -0.05) is 54.1 Å². The fourth-order valence-electron chi connectivity index (χ4n) is 4.13. The highest BCUT2D eigenvalue weighted by Crippen LogP contribution is 2.44. The molecule has 0 saturated heterocycles. The maximum Gasteiger partial charge on any atom is 0.245 e. The van der Waals surface area contributed by atoms with E-state index in [2.05, 4.69) is 5.32 Å². The van der Waals surface area contributed by atoms with Gasteiger partial charge < -0.3 is 11.1 Å². The largest absolute Gasteiger partial charge is 0.399 e. The van der Waals surface area contributed by atoms with Crippen LogP contribution in [0.25, 0.3) is 0 Å². The van der Waals surface area contributed by atoms with E-state index in [1.165, 1.54) is 31.2 Å². The minimum atomic E-state index is -4.38. The predicted molar refractivity (Wildman–Crippen MR) is 135 cm³/mol. The van der Waals surface area contributed by atoms with Crippen LogP contribution in [0.3, 0.4) is 0 Å². The second-order valence-corrected chi connectivity index (χ2v) is 10.4. The van der Waals surface area contributed by atoms with E-state index in [4.69, 9.17) is 17.3 Å². The summed E-state index contributed by atoms with van der Waals surface area (Å²) in [6.45, 7) is 1.34. The van der Waals surface area contributed by atoms with Crippen molar-refractivity contribution in [1.82, 2.24) is 4.31 Å². The van der Waals surface area contributed by atoms with Gasteiger partial charge in [0.05, 0.1) is 28.3 Å². The molecule has 0 unspecified atom stereocenters. The zero-order chi connectivity index (χ0) is 26.0. The monoisotopic (exact) mass is 520 g/mol. The Morgan fingerprint density at radius 1 is 1.00 bits per heavy atom. The third-order valence-electron chi connectivity index (χ3n) is 5.75. The van der Waals surface area contributed by atoms with Crippen LogP contribution in [0.4, 0.5) is 5.69 Å². The van der Waals surface area contributed by atoms with E-state index in [9.17, 15) is 23.3 Å². The number of carbonyl (C=O) groups excluding carboxylic acids is 2. The van der Waals surface area contributed by atoms with E-state index in [1.54, 1.807) is 54.6 Å². The Kier molecular flexibility index (Phi) is 6.95. The smallest absolute Gasteiger partial charge is 0.245 e. The number of hydrogen-bond acceptors (Lipinski definition) is 6. The van der Waals surface area contributed by atoms with Gasteiger partial charge in [-0.05, 0) is 42.0 Å². The SMILES string of the molecule is CC(=O)Nc1ccc(S(=O)(=O)N2[C@@H](C(=O)c3ccccc3)C(N)=C(C#N)[C@H]2c2ccc(Cl)cc2)cc1. The van der Waals surface area contributed by atoms with Gasteiger partial charge in [0.1, 0.15) is 6.04 Å². The van der Waals surface area contributed by atoms with Gasteiger partial charge in [0, 0.05) is 23.2 Å². The van der Waals surface area contributed by atoms with Crippen molar-refractivity contribution in [3.63, 3.8) is 0 Å². The first-order chi connectivity index (χ1) is 17.1.